The Labute approximate surface area is 106 Å². The molecule has 0 fully saturated rings. The van der Waals surface area contributed by atoms with Gasteiger partial charge in [0.05, 0.1) is 7.11 Å². The van der Waals surface area contributed by atoms with Crippen molar-refractivity contribution in [2.75, 3.05) is 12.4 Å². The molecule has 0 aliphatic heterocycles. The van der Waals surface area contributed by atoms with E-state index >= 15 is 0 Å². The zero-order chi connectivity index (χ0) is 12.3. The molecule has 0 heterocycles. The van der Waals surface area contributed by atoms with Crippen molar-refractivity contribution in [2.24, 2.45) is 0 Å². The van der Waals surface area contributed by atoms with Crippen molar-refractivity contribution >= 4 is 23.0 Å². The summed E-state index contributed by atoms with van der Waals surface area (Å²) < 4.78 is 5.18. The van der Waals surface area contributed by atoms with Gasteiger partial charge >= 0.3 is 0 Å². The van der Waals surface area contributed by atoms with Crippen LogP contribution in [0.5, 0.6) is 5.75 Å². The highest BCUT2D eigenvalue weighted by Gasteiger charge is 2.02. The Kier molecular flexibility index (Phi) is 3.55. The summed E-state index contributed by atoms with van der Waals surface area (Å²) in [6.45, 7) is 1.99. The van der Waals surface area contributed by atoms with Crippen molar-refractivity contribution in [3.05, 3.63) is 53.1 Å². The summed E-state index contributed by atoms with van der Waals surface area (Å²) in [7, 11) is 1.66. The van der Waals surface area contributed by atoms with Crippen LogP contribution in [-0.4, -0.2) is 7.11 Å². The maximum absolute atomic E-state index is 6.07. The first-order valence-corrected chi connectivity index (χ1v) is 5.74. The summed E-state index contributed by atoms with van der Waals surface area (Å²) in [6.07, 6.45) is 0. The predicted octanol–water partition coefficient (Wildman–Crippen LogP) is 4.40. The van der Waals surface area contributed by atoms with Crippen LogP contribution in [0.2, 0.25) is 5.02 Å². The minimum absolute atomic E-state index is 0.762. The molecule has 2 aromatic rings. The molecule has 2 rings (SSSR count). The monoisotopic (exact) mass is 247 g/mol. The lowest BCUT2D eigenvalue weighted by molar-refractivity contribution is 0.415. The molecule has 1 N–H and O–H groups in total. The molecule has 0 aliphatic rings. The van der Waals surface area contributed by atoms with E-state index in [4.69, 9.17) is 16.3 Å². The summed E-state index contributed by atoms with van der Waals surface area (Å²) >= 11 is 6.07. The third-order valence-corrected chi connectivity index (χ3v) is 3.03. The van der Waals surface area contributed by atoms with Gasteiger partial charge in [0.1, 0.15) is 5.75 Å². The quantitative estimate of drug-likeness (QED) is 0.868. The average molecular weight is 248 g/mol. The highest BCUT2D eigenvalue weighted by atomic mass is 35.5. The molecular formula is C14H14ClNO. The normalized spacial score (nSPS) is 10.1. The van der Waals surface area contributed by atoms with Gasteiger partial charge in [0.15, 0.2) is 0 Å². The van der Waals surface area contributed by atoms with Crippen molar-refractivity contribution in [2.45, 2.75) is 6.92 Å². The highest BCUT2D eigenvalue weighted by Crippen LogP contribution is 2.27. The van der Waals surface area contributed by atoms with Crippen molar-refractivity contribution in [1.29, 1.82) is 0 Å². The van der Waals surface area contributed by atoms with Gasteiger partial charge in [-0.05, 0) is 36.8 Å². The summed E-state index contributed by atoms with van der Waals surface area (Å²) in [5, 5.41) is 4.09. The Hall–Kier alpha value is -1.67. The van der Waals surface area contributed by atoms with E-state index in [1.165, 1.54) is 0 Å². The Morgan fingerprint density at radius 1 is 1.12 bits per heavy atom. The summed E-state index contributed by atoms with van der Waals surface area (Å²) in [5.41, 5.74) is 3.03. The molecular weight excluding hydrogens is 234 g/mol. The second-order valence-electron chi connectivity index (χ2n) is 3.77. The first-order chi connectivity index (χ1) is 8.20. The lowest BCUT2D eigenvalue weighted by Crippen LogP contribution is -1.94. The zero-order valence-electron chi connectivity index (χ0n) is 9.83. The molecule has 0 aliphatic carbocycles. The molecule has 0 saturated carbocycles. The van der Waals surface area contributed by atoms with Gasteiger partial charge in [0.25, 0.3) is 0 Å². The molecule has 2 aromatic carbocycles. The minimum atomic E-state index is 0.762. The summed E-state index contributed by atoms with van der Waals surface area (Å²) in [6, 6.07) is 13.6. The molecule has 88 valence electrons. The Bertz CT molecular complexity index is 525. The molecule has 3 heteroatoms. The maximum atomic E-state index is 6.07. The van der Waals surface area contributed by atoms with Crippen LogP contribution >= 0.6 is 11.6 Å². The lowest BCUT2D eigenvalue weighted by Gasteiger charge is -2.11. The number of hydrogen-bond donors (Lipinski definition) is 1. The van der Waals surface area contributed by atoms with E-state index in [-0.39, 0.29) is 0 Å². The molecule has 17 heavy (non-hydrogen) atoms. The number of methoxy groups -OCH3 is 1. The van der Waals surface area contributed by atoms with Gasteiger partial charge in [-0.3, -0.25) is 0 Å². The molecule has 0 saturated heterocycles. The Morgan fingerprint density at radius 2 is 1.88 bits per heavy atom. The number of hydrogen-bond acceptors (Lipinski definition) is 2. The molecule has 2 nitrogen and oxygen atoms in total. The largest absolute Gasteiger partial charge is 0.497 e. The standard InChI is InChI=1S/C14H14ClNO/c1-10-13(15)7-4-8-14(10)16-11-5-3-6-12(9-11)17-2/h3-9,16H,1-2H3. The second kappa shape index (κ2) is 5.11. The number of nitrogens with one attached hydrogen (secondary N) is 1. The third-order valence-electron chi connectivity index (χ3n) is 2.62. The highest BCUT2D eigenvalue weighted by molar-refractivity contribution is 6.31. The zero-order valence-corrected chi connectivity index (χ0v) is 10.6. The molecule has 0 atom stereocenters. The fourth-order valence-corrected chi connectivity index (χ4v) is 1.77. The van der Waals surface area contributed by atoms with E-state index < -0.39 is 0 Å². The average Bonchev–Trinajstić information content (AvgIpc) is 2.35. The van der Waals surface area contributed by atoms with Gasteiger partial charge in [-0.2, -0.15) is 0 Å². The van der Waals surface area contributed by atoms with Crippen LogP contribution in [0.3, 0.4) is 0 Å². The third kappa shape index (κ3) is 2.71. The topological polar surface area (TPSA) is 21.3 Å². The van der Waals surface area contributed by atoms with E-state index in [2.05, 4.69) is 5.32 Å². The molecule has 0 unspecified atom stereocenters. The van der Waals surface area contributed by atoms with Crippen LogP contribution in [0.1, 0.15) is 5.56 Å². The van der Waals surface area contributed by atoms with Gasteiger partial charge in [-0.25, -0.2) is 0 Å². The van der Waals surface area contributed by atoms with E-state index in [1.807, 2.05) is 49.4 Å². The number of anilines is 2. The van der Waals surface area contributed by atoms with Crippen molar-refractivity contribution in [3.8, 4) is 5.75 Å². The molecule has 0 spiro atoms. The van der Waals surface area contributed by atoms with E-state index in [0.717, 1.165) is 27.7 Å². The summed E-state index contributed by atoms with van der Waals surface area (Å²) in [5.74, 6) is 0.828. The predicted molar refractivity (Wildman–Crippen MR) is 72.5 cm³/mol. The van der Waals surface area contributed by atoms with Gasteiger partial charge in [0, 0.05) is 22.5 Å². The van der Waals surface area contributed by atoms with Crippen molar-refractivity contribution in [1.82, 2.24) is 0 Å². The second-order valence-corrected chi connectivity index (χ2v) is 4.18. The molecule has 0 amide bonds. The van der Waals surface area contributed by atoms with Crippen molar-refractivity contribution < 1.29 is 4.74 Å². The number of benzene rings is 2. The van der Waals surface area contributed by atoms with Crippen LogP contribution in [0.15, 0.2) is 42.5 Å². The van der Waals surface area contributed by atoms with E-state index in [9.17, 15) is 0 Å². The van der Waals surface area contributed by atoms with Crippen LogP contribution in [0, 0.1) is 6.92 Å². The Morgan fingerprint density at radius 3 is 2.65 bits per heavy atom. The number of rotatable bonds is 3. The van der Waals surface area contributed by atoms with Gasteiger partial charge < -0.3 is 10.1 Å². The molecule has 0 bridgehead atoms. The van der Waals surface area contributed by atoms with Crippen LogP contribution in [0.25, 0.3) is 0 Å². The smallest absolute Gasteiger partial charge is 0.120 e. The SMILES string of the molecule is COc1cccc(Nc2cccc(Cl)c2C)c1. The number of ether oxygens (including phenoxy) is 1. The van der Waals surface area contributed by atoms with Gasteiger partial charge in [-0.15, -0.1) is 0 Å². The van der Waals surface area contributed by atoms with E-state index in [1.54, 1.807) is 7.11 Å². The minimum Gasteiger partial charge on any atom is -0.497 e. The molecule has 0 radical (unpaired) electrons. The number of halogens is 1. The lowest BCUT2D eigenvalue weighted by atomic mass is 10.2. The molecule has 0 aromatic heterocycles. The van der Waals surface area contributed by atoms with Gasteiger partial charge in [-0.1, -0.05) is 23.7 Å². The fourth-order valence-electron chi connectivity index (χ4n) is 1.60. The van der Waals surface area contributed by atoms with Gasteiger partial charge in [0.2, 0.25) is 0 Å². The first kappa shape index (κ1) is 11.8. The fraction of sp³-hybridized carbons (Fsp3) is 0.143. The van der Waals surface area contributed by atoms with Crippen LogP contribution in [0.4, 0.5) is 11.4 Å². The first-order valence-electron chi connectivity index (χ1n) is 5.37. The Balaban J connectivity index is 2.28. The summed E-state index contributed by atoms with van der Waals surface area (Å²) in [4.78, 5) is 0. The van der Waals surface area contributed by atoms with Crippen LogP contribution < -0.4 is 10.1 Å². The van der Waals surface area contributed by atoms with Crippen molar-refractivity contribution in [3.63, 3.8) is 0 Å². The van der Waals surface area contributed by atoms with Crippen LogP contribution in [-0.2, 0) is 0 Å². The van der Waals surface area contributed by atoms with E-state index in [0.29, 0.717) is 0 Å². The maximum Gasteiger partial charge on any atom is 0.120 e.